The first-order valence-electron chi connectivity index (χ1n) is 4.44. The molecule has 4 heteroatoms. The number of hydrogen-bond acceptors (Lipinski definition) is 2. The minimum atomic E-state index is 0.232. The molecule has 0 spiro atoms. The minimum absolute atomic E-state index is 0.232. The Hall–Kier alpha value is -0.900. The molecule has 1 aliphatic carbocycles. The van der Waals surface area contributed by atoms with Crippen molar-refractivity contribution in [2.45, 2.75) is 32.2 Å². The number of rotatable bonds is 2. The smallest absolute Gasteiger partial charge is 0.0805 e. The van der Waals surface area contributed by atoms with Crippen LogP contribution in [0.2, 0.25) is 0 Å². The molecular formula is C9H15N3S. The summed E-state index contributed by atoms with van der Waals surface area (Å²) in [5.74, 6) is 0. The topological polar surface area (TPSA) is 50.4 Å². The van der Waals surface area contributed by atoms with E-state index in [4.69, 9.17) is 18.0 Å². The van der Waals surface area contributed by atoms with Crippen LogP contribution in [0, 0.1) is 0 Å². The Bertz CT molecular complexity index is 245. The maximum atomic E-state index is 5.24. The highest BCUT2D eigenvalue weighted by molar-refractivity contribution is 7.80. The second-order valence-corrected chi connectivity index (χ2v) is 3.74. The van der Waals surface area contributed by atoms with E-state index in [9.17, 15) is 0 Å². The van der Waals surface area contributed by atoms with Crippen LogP contribution in [-0.4, -0.2) is 17.4 Å². The number of nitrogens with two attached hydrogens (primary N) is 1. The van der Waals surface area contributed by atoms with Crippen molar-refractivity contribution in [1.29, 1.82) is 0 Å². The SMILES string of the molecule is CC(=S)NC1=CC(N=CN)CCC1. The molecule has 0 radical (unpaired) electrons. The van der Waals surface area contributed by atoms with Crippen molar-refractivity contribution in [3.05, 3.63) is 11.8 Å². The molecule has 0 aromatic heterocycles. The lowest BCUT2D eigenvalue weighted by Crippen LogP contribution is -2.22. The van der Waals surface area contributed by atoms with E-state index in [0.717, 1.165) is 24.3 Å². The molecular weight excluding hydrogens is 182 g/mol. The van der Waals surface area contributed by atoms with Gasteiger partial charge in [0.15, 0.2) is 0 Å². The van der Waals surface area contributed by atoms with Gasteiger partial charge in [-0.2, -0.15) is 0 Å². The Morgan fingerprint density at radius 3 is 3.23 bits per heavy atom. The minimum Gasteiger partial charge on any atom is -0.390 e. The van der Waals surface area contributed by atoms with Gasteiger partial charge in [0.2, 0.25) is 0 Å². The Kier molecular flexibility index (Phi) is 3.89. The van der Waals surface area contributed by atoms with Crippen LogP contribution in [0.1, 0.15) is 26.2 Å². The summed E-state index contributed by atoms with van der Waals surface area (Å²) in [5, 5.41) is 3.15. The summed E-state index contributed by atoms with van der Waals surface area (Å²) in [6.45, 7) is 1.88. The number of hydrogen-bond donors (Lipinski definition) is 2. The first kappa shape index (κ1) is 10.2. The molecule has 0 aromatic carbocycles. The monoisotopic (exact) mass is 197 g/mol. The lowest BCUT2D eigenvalue weighted by atomic mass is 10.0. The number of nitrogens with one attached hydrogen (secondary N) is 1. The highest BCUT2D eigenvalue weighted by Gasteiger charge is 2.11. The van der Waals surface area contributed by atoms with E-state index in [1.807, 2.05) is 6.92 Å². The van der Waals surface area contributed by atoms with Crippen molar-refractivity contribution in [3.63, 3.8) is 0 Å². The van der Waals surface area contributed by atoms with Crippen molar-refractivity contribution in [2.75, 3.05) is 0 Å². The predicted octanol–water partition coefficient (Wildman–Crippen LogP) is 1.35. The molecule has 0 heterocycles. The van der Waals surface area contributed by atoms with Crippen LogP contribution < -0.4 is 11.1 Å². The van der Waals surface area contributed by atoms with Gasteiger partial charge in [0, 0.05) is 5.70 Å². The van der Waals surface area contributed by atoms with Gasteiger partial charge in [0.05, 0.1) is 17.4 Å². The molecule has 0 aliphatic heterocycles. The fourth-order valence-corrected chi connectivity index (χ4v) is 1.59. The highest BCUT2D eigenvalue weighted by Crippen LogP contribution is 2.18. The lowest BCUT2D eigenvalue weighted by molar-refractivity contribution is 0.615. The first-order valence-corrected chi connectivity index (χ1v) is 4.85. The highest BCUT2D eigenvalue weighted by atomic mass is 32.1. The van der Waals surface area contributed by atoms with Crippen LogP contribution in [0.5, 0.6) is 0 Å². The summed E-state index contributed by atoms with van der Waals surface area (Å²) < 4.78 is 0. The second-order valence-electron chi connectivity index (χ2n) is 3.13. The molecule has 0 fully saturated rings. The van der Waals surface area contributed by atoms with E-state index in [0.29, 0.717) is 0 Å². The quantitative estimate of drug-likeness (QED) is 0.399. The molecule has 0 aromatic rings. The summed E-state index contributed by atoms with van der Waals surface area (Å²) in [6.07, 6.45) is 6.75. The summed E-state index contributed by atoms with van der Waals surface area (Å²) in [7, 11) is 0. The maximum absolute atomic E-state index is 5.24. The van der Waals surface area contributed by atoms with E-state index in [1.165, 1.54) is 12.0 Å². The van der Waals surface area contributed by atoms with Crippen LogP contribution >= 0.6 is 12.2 Å². The lowest BCUT2D eigenvalue weighted by Gasteiger charge is -2.18. The summed E-state index contributed by atoms with van der Waals surface area (Å²) in [5.41, 5.74) is 6.41. The molecule has 0 saturated carbocycles. The van der Waals surface area contributed by atoms with Gasteiger partial charge in [-0.3, -0.25) is 4.99 Å². The molecule has 1 rings (SSSR count). The molecule has 0 amide bonds. The Balaban J connectivity index is 2.58. The standard InChI is InChI=1S/C9H15N3S/c1-7(13)12-9-4-2-3-8(5-9)11-6-10/h5-6,8H,2-4H2,1H3,(H2,10,11)(H,12,13). The van der Waals surface area contributed by atoms with Gasteiger partial charge in [-0.15, -0.1) is 0 Å². The van der Waals surface area contributed by atoms with Crippen LogP contribution in [0.3, 0.4) is 0 Å². The van der Waals surface area contributed by atoms with Crippen molar-refractivity contribution < 1.29 is 0 Å². The Morgan fingerprint density at radius 2 is 2.62 bits per heavy atom. The van der Waals surface area contributed by atoms with Crippen molar-refractivity contribution in [1.82, 2.24) is 5.32 Å². The third kappa shape index (κ3) is 3.55. The van der Waals surface area contributed by atoms with Crippen LogP contribution in [0.15, 0.2) is 16.8 Å². The third-order valence-corrected chi connectivity index (χ3v) is 2.06. The average Bonchev–Trinajstić information content (AvgIpc) is 2.04. The molecule has 3 N–H and O–H groups in total. The van der Waals surface area contributed by atoms with E-state index >= 15 is 0 Å². The van der Waals surface area contributed by atoms with Crippen molar-refractivity contribution in [3.8, 4) is 0 Å². The first-order chi connectivity index (χ1) is 6.22. The van der Waals surface area contributed by atoms with Gasteiger partial charge in [0.25, 0.3) is 0 Å². The molecule has 13 heavy (non-hydrogen) atoms. The number of aliphatic imine (C=N–C) groups is 1. The van der Waals surface area contributed by atoms with Gasteiger partial charge in [0.1, 0.15) is 0 Å². The van der Waals surface area contributed by atoms with E-state index in [2.05, 4.69) is 16.4 Å². The van der Waals surface area contributed by atoms with Crippen molar-refractivity contribution in [2.24, 2.45) is 10.7 Å². The summed E-state index contributed by atoms with van der Waals surface area (Å²) in [4.78, 5) is 4.94. The number of nitrogens with zero attached hydrogens (tertiary/aromatic N) is 1. The van der Waals surface area contributed by atoms with E-state index in [1.54, 1.807) is 0 Å². The zero-order valence-electron chi connectivity index (χ0n) is 7.79. The van der Waals surface area contributed by atoms with Crippen LogP contribution in [0.25, 0.3) is 0 Å². The van der Waals surface area contributed by atoms with Gasteiger partial charge < -0.3 is 11.1 Å². The van der Waals surface area contributed by atoms with Gasteiger partial charge in [-0.05, 0) is 32.3 Å². The zero-order chi connectivity index (χ0) is 9.68. The van der Waals surface area contributed by atoms with Gasteiger partial charge >= 0.3 is 0 Å². The van der Waals surface area contributed by atoms with Gasteiger partial charge in [-0.1, -0.05) is 12.2 Å². The number of allylic oxidation sites excluding steroid dienone is 1. The van der Waals surface area contributed by atoms with Crippen LogP contribution in [0.4, 0.5) is 0 Å². The average molecular weight is 197 g/mol. The molecule has 1 unspecified atom stereocenters. The summed E-state index contributed by atoms with van der Waals surface area (Å²) >= 11 is 4.96. The Labute approximate surface area is 84.1 Å². The molecule has 1 atom stereocenters. The third-order valence-electron chi connectivity index (χ3n) is 1.95. The maximum Gasteiger partial charge on any atom is 0.0805 e. The summed E-state index contributed by atoms with van der Waals surface area (Å²) in [6, 6.07) is 0.232. The molecule has 1 aliphatic rings. The van der Waals surface area contributed by atoms with E-state index in [-0.39, 0.29) is 6.04 Å². The normalized spacial score (nSPS) is 22.8. The molecule has 3 nitrogen and oxygen atoms in total. The van der Waals surface area contributed by atoms with Gasteiger partial charge in [-0.25, -0.2) is 0 Å². The van der Waals surface area contributed by atoms with E-state index < -0.39 is 0 Å². The Morgan fingerprint density at radius 1 is 1.85 bits per heavy atom. The predicted molar refractivity (Wildman–Crippen MR) is 59.8 cm³/mol. The molecule has 0 bridgehead atoms. The second kappa shape index (κ2) is 4.97. The zero-order valence-corrected chi connectivity index (χ0v) is 8.60. The fourth-order valence-electron chi connectivity index (χ4n) is 1.46. The van der Waals surface area contributed by atoms with Crippen LogP contribution in [-0.2, 0) is 0 Å². The number of thiocarbonyl (C=S) groups is 1. The van der Waals surface area contributed by atoms with Crippen molar-refractivity contribution >= 4 is 23.5 Å². The largest absolute Gasteiger partial charge is 0.390 e. The fraction of sp³-hybridized carbons (Fsp3) is 0.556. The molecule has 72 valence electrons. The molecule has 0 saturated heterocycles.